The number of halogens is 1. The normalized spacial score (nSPS) is 11.5. The lowest BCUT2D eigenvalue weighted by Crippen LogP contribution is -2.46. The molecule has 0 bridgehead atoms. The summed E-state index contributed by atoms with van der Waals surface area (Å²) < 4.78 is 17.5. The van der Waals surface area contributed by atoms with Gasteiger partial charge in [0.1, 0.15) is 17.5 Å². The quantitative estimate of drug-likeness (QED) is 0.460. The van der Waals surface area contributed by atoms with Crippen LogP contribution in [0.5, 0.6) is 0 Å². The summed E-state index contributed by atoms with van der Waals surface area (Å²) in [5.41, 5.74) is 5.53. The summed E-state index contributed by atoms with van der Waals surface area (Å²) in [5, 5.41) is 9.19. The maximum absolute atomic E-state index is 12.4. The Morgan fingerprint density at radius 2 is 1.96 bits per heavy atom. The van der Waals surface area contributed by atoms with Crippen LogP contribution in [-0.2, 0) is 25.5 Å². The number of hydrogen-bond acceptors (Lipinski definition) is 6. The van der Waals surface area contributed by atoms with E-state index < -0.39 is 29.3 Å². The maximum Gasteiger partial charge on any atom is 0.329 e. The molecule has 0 aliphatic carbocycles. The van der Waals surface area contributed by atoms with Crippen molar-refractivity contribution in [1.29, 1.82) is 5.41 Å². The lowest BCUT2D eigenvalue weighted by molar-refractivity contribution is -0.158. The van der Waals surface area contributed by atoms with Gasteiger partial charge in [0.2, 0.25) is 5.91 Å². The topological polar surface area (TPSA) is 122 Å². The van der Waals surface area contributed by atoms with Gasteiger partial charge in [0.15, 0.2) is 5.78 Å². The summed E-state index contributed by atoms with van der Waals surface area (Å²) in [6, 6.07) is 5.73. The second-order valence-corrected chi connectivity index (χ2v) is 6.99. The molecule has 1 unspecified atom stereocenters. The average molecular weight is 395 g/mol. The minimum Gasteiger partial charge on any atom is -0.458 e. The fourth-order valence-electron chi connectivity index (χ4n) is 1.99. The van der Waals surface area contributed by atoms with E-state index in [4.69, 9.17) is 15.9 Å². The zero-order valence-electron chi connectivity index (χ0n) is 16.9. The predicted octanol–water partition coefficient (Wildman–Crippen LogP) is 2.16. The summed E-state index contributed by atoms with van der Waals surface area (Å²) in [4.78, 5) is 34.1. The minimum absolute atomic E-state index is 0.0156. The standard InChI is InChI=1S/C12H21N3O4.C8H9F/c1-12(2,3)19-11(18)9(15-10(17)7-14)5-4-8(16)6-13;1-2-7-4-3-5-8(9)6-7/h6,9,13H,4-5,7,14H2,1-3H3,(H,15,17);3-6H,2H2,1H3. The molecule has 28 heavy (non-hydrogen) atoms. The highest BCUT2D eigenvalue weighted by Gasteiger charge is 2.26. The van der Waals surface area contributed by atoms with Crippen LogP contribution in [0.1, 0.15) is 46.1 Å². The van der Waals surface area contributed by atoms with Gasteiger partial charge in [0, 0.05) is 6.42 Å². The number of amides is 1. The Kier molecular flexibility index (Phi) is 11.5. The number of rotatable bonds is 8. The van der Waals surface area contributed by atoms with E-state index in [1.807, 2.05) is 13.0 Å². The second-order valence-electron chi connectivity index (χ2n) is 6.99. The molecule has 0 radical (unpaired) electrons. The van der Waals surface area contributed by atoms with Crippen LogP contribution in [0.4, 0.5) is 4.39 Å². The maximum atomic E-state index is 12.4. The van der Waals surface area contributed by atoms with Crippen LogP contribution < -0.4 is 11.1 Å². The Labute approximate surface area is 165 Å². The van der Waals surface area contributed by atoms with E-state index in [0.29, 0.717) is 6.21 Å². The first-order valence-corrected chi connectivity index (χ1v) is 9.02. The van der Waals surface area contributed by atoms with E-state index in [9.17, 15) is 18.8 Å². The third-order valence-electron chi connectivity index (χ3n) is 3.35. The Bertz CT molecular complexity index is 672. The lowest BCUT2D eigenvalue weighted by atomic mass is 10.1. The van der Waals surface area contributed by atoms with Crippen molar-refractivity contribution >= 4 is 23.9 Å². The SMILES string of the molecule is CC(C)(C)OC(=O)C(CCC(=O)C=N)NC(=O)CN.CCc1cccc(F)c1. The van der Waals surface area contributed by atoms with E-state index in [2.05, 4.69) is 5.32 Å². The molecule has 0 saturated carbocycles. The Balaban J connectivity index is 0.000000668. The molecule has 0 spiro atoms. The number of ketones is 1. The molecule has 1 rings (SSSR count). The summed E-state index contributed by atoms with van der Waals surface area (Å²) in [5.74, 6) is -1.69. The molecule has 0 aromatic heterocycles. The highest BCUT2D eigenvalue weighted by atomic mass is 19.1. The summed E-state index contributed by atoms with van der Waals surface area (Å²) >= 11 is 0. The van der Waals surface area contributed by atoms with Crippen molar-refractivity contribution in [3.8, 4) is 0 Å². The number of Topliss-reactive ketones (excluding diaryl/α,β-unsaturated/α-hetero) is 1. The van der Waals surface area contributed by atoms with Gasteiger partial charge in [-0.1, -0.05) is 19.1 Å². The molecule has 0 aliphatic heterocycles. The molecule has 0 saturated heterocycles. The summed E-state index contributed by atoms with van der Waals surface area (Å²) in [6.45, 7) is 6.87. The van der Waals surface area contributed by atoms with E-state index in [1.54, 1.807) is 32.9 Å². The van der Waals surface area contributed by atoms with Gasteiger partial charge < -0.3 is 21.2 Å². The molecule has 1 aromatic rings. The van der Waals surface area contributed by atoms with Crippen molar-refractivity contribution < 1.29 is 23.5 Å². The predicted molar refractivity (Wildman–Crippen MR) is 106 cm³/mol. The van der Waals surface area contributed by atoms with Crippen LogP contribution >= 0.6 is 0 Å². The van der Waals surface area contributed by atoms with Gasteiger partial charge in [-0.05, 0) is 51.3 Å². The fraction of sp³-hybridized carbons (Fsp3) is 0.500. The highest BCUT2D eigenvalue weighted by Crippen LogP contribution is 2.11. The van der Waals surface area contributed by atoms with Crippen molar-refractivity contribution in [2.75, 3.05) is 6.54 Å². The van der Waals surface area contributed by atoms with Crippen molar-refractivity contribution in [2.45, 2.75) is 58.6 Å². The van der Waals surface area contributed by atoms with Gasteiger partial charge in [-0.3, -0.25) is 9.59 Å². The van der Waals surface area contributed by atoms with Gasteiger partial charge in [-0.2, -0.15) is 0 Å². The minimum atomic E-state index is -0.931. The lowest BCUT2D eigenvalue weighted by Gasteiger charge is -2.24. The number of nitrogens with two attached hydrogens (primary N) is 1. The van der Waals surface area contributed by atoms with Crippen molar-refractivity contribution in [2.24, 2.45) is 5.73 Å². The monoisotopic (exact) mass is 395 g/mol. The van der Waals surface area contributed by atoms with Crippen LogP contribution in [0.3, 0.4) is 0 Å². The van der Waals surface area contributed by atoms with Crippen LogP contribution in [0.25, 0.3) is 0 Å². The van der Waals surface area contributed by atoms with Gasteiger partial charge in [-0.25, -0.2) is 9.18 Å². The number of hydrogen-bond donors (Lipinski definition) is 3. The fourth-order valence-corrected chi connectivity index (χ4v) is 1.99. The first kappa shape index (κ1) is 25.4. The smallest absolute Gasteiger partial charge is 0.329 e. The van der Waals surface area contributed by atoms with Crippen molar-refractivity contribution in [3.63, 3.8) is 0 Å². The number of esters is 1. The Morgan fingerprint density at radius 3 is 2.39 bits per heavy atom. The molecule has 1 atom stereocenters. The molecule has 156 valence electrons. The van der Waals surface area contributed by atoms with E-state index in [0.717, 1.165) is 12.0 Å². The van der Waals surface area contributed by atoms with E-state index in [-0.39, 0.29) is 25.2 Å². The molecule has 1 aromatic carbocycles. The molecular weight excluding hydrogens is 365 g/mol. The van der Waals surface area contributed by atoms with Crippen LogP contribution in [-0.4, -0.2) is 42.1 Å². The number of benzene rings is 1. The number of ether oxygens (including phenoxy) is 1. The average Bonchev–Trinajstić information content (AvgIpc) is 2.63. The molecule has 8 heteroatoms. The molecule has 0 fully saturated rings. The zero-order chi connectivity index (χ0) is 21.7. The first-order chi connectivity index (χ1) is 13.0. The third-order valence-corrected chi connectivity index (χ3v) is 3.35. The highest BCUT2D eigenvalue weighted by molar-refractivity contribution is 6.26. The number of carbonyl (C=O) groups excluding carboxylic acids is 3. The summed E-state index contributed by atoms with van der Waals surface area (Å²) in [6.07, 6.45) is 1.64. The van der Waals surface area contributed by atoms with Gasteiger partial charge >= 0.3 is 5.97 Å². The van der Waals surface area contributed by atoms with Crippen LogP contribution in [0.2, 0.25) is 0 Å². The molecule has 1 amide bonds. The zero-order valence-corrected chi connectivity index (χ0v) is 16.9. The third kappa shape index (κ3) is 11.9. The number of nitrogens with one attached hydrogen (secondary N) is 2. The molecule has 0 aliphatic rings. The van der Waals surface area contributed by atoms with E-state index in [1.165, 1.54) is 6.07 Å². The van der Waals surface area contributed by atoms with Gasteiger partial charge in [0.25, 0.3) is 0 Å². The van der Waals surface area contributed by atoms with Crippen LogP contribution in [0.15, 0.2) is 24.3 Å². The molecule has 0 heterocycles. The molecule has 4 N–H and O–H groups in total. The van der Waals surface area contributed by atoms with Gasteiger partial charge in [-0.15, -0.1) is 0 Å². The largest absolute Gasteiger partial charge is 0.458 e. The summed E-state index contributed by atoms with van der Waals surface area (Å²) in [7, 11) is 0. The van der Waals surface area contributed by atoms with Gasteiger partial charge in [0.05, 0.1) is 12.8 Å². The van der Waals surface area contributed by atoms with E-state index >= 15 is 0 Å². The van der Waals surface area contributed by atoms with Crippen LogP contribution in [0, 0.1) is 11.2 Å². The first-order valence-electron chi connectivity index (χ1n) is 9.02. The molecule has 7 nitrogen and oxygen atoms in total. The number of carbonyl (C=O) groups is 3. The second kappa shape index (κ2) is 12.7. The Morgan fingerprint density at radius 1 is 1.32 bits per heavy atom. The number of aryl methyl sites for hydroxylation is 1. The van der Waals surface area contributed by atoms with Crippen molar-refractivity contribution in [1.82, 2.24) is 5.32 Å². The Hall–Kier alpha value is -2.61. The van der Waals surface area contributed by atoms with Crippen molar-refractivity contribution in [3.05, 3.63) is 35.6 Å². The molecular formula is C20H30FN3O4.